The zero-order valence-electron chi connectivity index (χ0n) is 9.86. The number of anilines is 1. The van der Waals surface area contributed by atoms with E-state index in [0.717, 1.165) is 23.4 Å². The van der Waals surface area contributed by atoms with Gasteiger partial charge >= 0.3 is 0 Å². The molecule has 0 bridgehead atoms. The van der Waals surface area contributed by atoms with Gasteiger partial charge in [-0.2, -0.15) is 0 Å². The van der Waals surface area contributed by atoms with Gasteiger partial charge in [0, 0.05) is 12.2 Å². The number of hydrogen-bond acceptors (Lipinski definition) is 3. The van der Waals surface area contributed by atoms with E-state index in [9.17, 15) is 4.79 Å². The molecule has 4 N–H and O–H groups in total. The van der Waals surface area contributed by atoms with Crippen LogP contribution >= 0.6 is 0 Å². The Morgan fingerprint density at radius 2 is 2.12 bits per heavy atom. The first-order valence-electron chi connectivity index (χ1n) is 5.39. The summed E-state index contributed by atoms with van der Waals surface area (Å²) in [5, 5.41) is 0. The molecule has 0 atom stereocenters. The quantitative estimate of drug-likeness (QED) is 0.725. The molecule has 0 unspecified atom stereocenters. The maximum absolute atomic E-state index is 10.9. The van der Waals surface area contributed by atoms with Crippen molar-refractivity contribution in [3.63, 3.8) is 0 Å². The zero-order valence-corrected chi connectivity index (χ0v) is 9.86. The van der Waals surface area contributed by atoms with Crippen LogP contribution in [0.25, 0.3) is 0 Å². The van der Waals surface area contributed by atoms with Crippen molar-refractivity contribution >= 4 is 11.6 Å². The monoisotopic (exact) mass is 221 g/mol. The van der Waals surface area contributed by atoms with Crippen molar-refractivity contribution in [2.75, 3.05) is 18.8 Å². The van der Waals surface area contributed by atoms with Crippen LogP contribution in [0.4, 0.5) is 5.69 Å². The molecule has 0 aromatic heterocycles. The fraction of sp³-hybridized carbons (Fsp3) is 0.417. The third-order valence-corrected chi connectivity index (χ3v) is 2.71. The van der Waals surface area contributed by atoms with Crippen LogP contribution in [-0.4, -0.2) is 23.9 Å². The summed E-state index contributed by atoms with van der Waals surface area (Å²) in [5.74, 6) is -0.302. The molecule has 1 rings (SSSR count). The summed E-state index contributed by atoms with van der Waals surface area (Å²) in [6.07, 6.45) is 0. The summed E-state index contributed by atoms with van der Waals surface area (Å²) in [4.78, 5) is 12.9. The molecule has 1 amide bonds. The van der Waals surface area contributed by atoms with Gasteiger partial charge in [0.1, 0.15) is 0 Å². The van der Waals surface area contributed by atoms with Gasteiger partial charge in [-0.25, -0.2) is 0 Å². The number of amides is 1. The first-order chi connectivity index (χ1) is 7.54. The Balaban J connectivity index is 2.77. The van der Waals surface area contributed by atoms with Crippen molar-refractivity contribution in [3.05, 3.63) is 29.3 Å². The van der Waals surface area contributed by atoms with Gasteiger partial charge in [0.25, 0.3) is 0 Å². The van der Waals surface area contributed by atoms with Crippen LogP contribution in [0.2, 0.25) is 0 Å². The number of nitrogen functional groups attached to an aromatic ring is 1. The number of likely N-dealkylation sites (N-methyl/N-ethyl adjacent to an activating group) is 1. The third-order valence-electron chi connectivity index (χ3n) is 2.71. The second-order valence-electron chi connectivity index (χ2n) is 3.90. The van der Waals surface area contributed by atoms with E-state index in [2.05, 4.69) is 0 Å². The van der Waals surface area contributed by atoms with Gasteiger partial charge in [0.05, 0.1) is 6.54 Å². The minimum Gasteiger partial charge on any atom is -0.399 e. The number of nitrogens with two attached hydrogens (primary N) is 2. The van der Waals surface area contributed by atoms with Crippen LogP contribution in [0.3, 0.4) is 0 Å². The Labute approximate surface area is 96.2 Å². The second-order valence-corrected chi connectivity index (χ2v) is 3.90. The summed E-state index contributed by atoms with van der Waals surface area (Å²) < 4.78 is 0. The molecular formula is C12H19N3O. The molecule has 4 nitrogen and oxygen atoms in total. The lowest BCUT2D eigenvalue weighted by Crippen LogP contribution is -2.33. The highest BCUT2D eigenvalue weighted by Crippen LogP contribution is 2.17. The molecule has 0 fully saturated rings. The largest absolute Gasteiger partial charge is 0.399 e. The fourth-order valence-corrected chi connectivity index (χ4v) is 1.62. The molecular weight excluding hydrogens is 202 g/mol. The molecule has 4 heteroatoms. The summed E-state index contributed by atoms with van der Waals surface area (Å²) in [7, 11) is 0. The fourth-order valence-electron chi connectivity index (χ4n) is 1.62. The molecule has 0 saturated heterocycles. The van der Waals surface area contributed by atoms with Crippen molar-refractivity contribution in [2.24, 2.45) is 5.73 Å². The van der Waals surface area contributed by atoms with Crippen molar-refractivity contribution in [1.82, 2.24) is 4.90 Å². The highest BCUT2D eigenvalue weighted by Gasteiger charge is 2.09. The summed E-state index contributed by atoms with van der Waals surface area (Å²) in [6, 6.07) is 5.83. The van der Waals surface area contributed by atoms with Gasteiger partial charge < -0.3 is 11.5 Å². The molecule has 0 saturated carbocycles. The Bertz CT molecular complexity index is 377. The van der Waals surface area contributed by atoms with Crippen molar-refractivity contribution < 1.29 is 4.79 Å². The van der Waals surface area contributed by atoms with E-state index in [-0.39, 0.29) is 12.5 Å². The second kappa shape index (κ2) is 5.51. The molecule has 16 heavy (non-hydrogen) atoms. The average Bonchev–Trinajstić information content (AvgIpc) is 2.23. The SMILES string of the molecule is CCN(CC(N)=O)Cc1cccc(N)c1C. The Morgan fingerprint density at radius 3 is 2.69 bits per heavy atom. The van der Waals surface area contributed by atoms with Gasteiger partial charge in [-0.15, -0.1) is 0 Å². The number of hydrogen-bond donors (Lipinski definition) is 2. The van der Waals surface area contributed by atoms with Crippen LogP contribution in [0.5, 0.6) is 0 Å². The maximum Gasteiger partial charge on any atom is 0.231 e. The van der Waals surface area contributed by atoms with Crippen LogP contribution in [-0.2, 0) is 11.3 Å². The predicted octanol–water partition coefficient (Wildman–Crippen LogP) is 0.884. The minimum atomic E-state index is -0.302. The van der Waals surface area contributed by atoms with Gasteiger partial charge in [-0.1, -0.05) is 19.1 Å². The number of rotatable bonds is 5. The van der Waals surface area contributed by atoms with Gasteiger partial charge in [0.2, 0.25) is 5.91 Å². The van der Waals surface area contributed by atoms with E-state index in [1.54, 1.807) is 0 Å². The van der Waals surface area contributed by atoms with E-state index in [1.165, 1.54) is 0 Å². The topological polar surface area (TPSA) is 72.3 Å². The van der Waals surface area contributed by atoms with Crippen molar-refractivity contribution in [2.45, 2.75) is 20.4 Å². The Morgan fingerprint density at radius 1 is 1.44 bits per heavy atom. The molecule has 0 aliphatic heterocycles. The minimum absolute atomic E-state index is 0.282. The first-order valence-corrected chi connectivity index (χ1v) is 5.39. The summed E-state index contributed by atoms with van der Waals surface area (Å²) in [5.41, 5.74) is 14.0. The molecule has 0 heterocycles. The van der Waals surface area contributed by atoms with Crippen LogP contribution in [0, 0.1) is 6.92 Å². The van der Waals surface area contributed by atoms with Crippen LogP contribution in [0.15, 0.2) is 18.2 Å². The smallest absolute Gasteiger partial charge is 0.231 e. The summed E-state index contributed by atoms with van der Waals surface area (Å²) >= 11 is 0. The van der Waals surface area contributed by atoms with Gasteiger partial charge in [0.15, 0.2) is 0 Å². The van der Waals surface area contributed by atoms with Crippen molar-refractivity contribution in [1.29, 1.82) is 0 Å². The maximum atomic E-state index is 10.9. The molecule has 0 aliphatic rings. The normalized spacial score (nSPS) is 10.7. The van der Waals surface area contributed by atoms with Crippen molar-refractivity contribution in [3.8, 4) is 0 Å². The van der Waals surface area contributed by atoms with E-state index in [1.807, 2.05) is 36.9 Å². The average molecular weight is 221 g/mol. The van der Waals surface area contributed by atoms with Crippen LogP contribution in [0.1, 0.15) is 18.1 Å². The first kappa shape index (κ1) is 12.5. The van der Waals surface area contributed by atoms with Gasteiger partial charge in [-0.3, -0.25) is 9.69 Å². The zero-order chi connectivity index (χ0) is 12.1. The highest BCUT2D eigenvalue weighted by atomic mass is 16.1. The summed E-state index contributed by atoms with van der Waals surface area (Å²) in [6.45, 7) is 5.77. The van der Waals surface area contributed by atoms with E-state index in [0.29, 0.717) is 6.54 Å². The molecule has 0 spiro atoms. The van der Waals surface area contributed by atoms with Crippen LogP contribution < -0.4 is 11.5 Å². The molecule has 1 aromatic rings. The Hall–Kier alpha value is -1.55. The van der Waals surface area contributed by atoms with E-state index >= 15 is 0 Å². The van der Waals surface area contributed by atoms with Gasteiger partial charge in [-0.05, 0) is 30.7 Å². The molecule has 88 valence electrons. The number of nitrogens with zero attached hydrogens (tertiary/aromatic N) is 1. The number of carbonyl (C=O) groups excluding carboxylic acids is 1. The number of benzene rings is 1. The predicted molar refractivity (Wildman–Crippen MR) is 65.7 cm³/mol. The lowest BCUT2D eigenvalue weighted by atomic mass is 10.1. The molecule has 1 aromatic carbocycles. The number of primary amides is 1. The van der Waals surface area contributed by atoms with E-state index < -0.39 is 0 Å². The lowest BCUT2D eigenvalue weighted by Gasteiger charge is -2.20. The standard InChI is InChI=1S/C12H19N3O/c1-3-15(8-12(14)16)7-10-5-4-6-11(13)9(10)2/h4-6H,3,7-8,13H2,1-2H3,(H2,14,16). The van der Waals surface area contributed by atoms with E-state index in [4.69, 9.17) is 11.5 Å². The number of carbonyl (C=O) groups is 1. The Kier molecular flexibility index (Phi) is 4.31. The third kappa shape index (κ3) is 3.24. The molecule has 0 radical (unpaired) electrons. The molecule has 0 aliphatic carbocycles. The lowest BCUT2D eigenvalue weighted by molar-refractivity contribution is -0.119. The highest BCUT2D eigenvalue weighted by molar-refractivity contribution is 5.75.